The minimum atomic E-state index is -1.08. The second-order valence-corrected chi connectivity index (χ2v) is 10.2. The number of aliphatic hydroxyl groups is 1. The highest BCUT2D eigenvalue weighted by Crippen LogP contribution is 2.52. The Bertz CT molecular complexity index is 1460. The zero-order valence-corrected chi connectivity index (χ0v) is 21.3. The lowest BCUT2D eigenvalue weighted by atomic mass is 9.73. The van der Waals surface area contributed by atoms with Crippen molar-refractivity contribution in [3.8, 4) is 11.1 Å². The number of nitrogens with zero attached hydrogens (tertiary/aromatic N) is 4. The zero-order chi connectivity index (χ0) is 26.3. The van der Waals surface area contributed by atoms with E-state index in [0.717, 1.165) is 60.5 Å². The molecule has 1 saturated heterocycles. The van der Waals surface area contributed by atoms with Gasteiger partial charge in [-0.05, 0) is 73.8 Å². The smallest absolute Gasteiger partial charge is 0.354 e. The summed E-state index contributed by atoms with van der Waals surface area (Å²) in [5.74, 6) is -0.554. The van der Waals surface area contributed by atoms with Crippen molar-refractivity contribution in [3.63, 3.8) is 0 Å². The number of carboxylic acids is 1. The number of likely N-dealkylation sites (tertiary alicyclic amines) is 1. The number of aromatic carboxylic acids is 1. The van der Waals surface area contributed by atoms with Crippen LogP contribution in [-0.2, 0) is 12.0 Å². The number of piperidine rings is 1. The molecule has 7 nitrogen and oxygen atoms in total. The number of rotatable bonds is 5. The van der Waals surface area contributed by atoms with Crippen LogP contribution in [0, 0.1) is 6.92 Å². The molecular formula is C31H30N4O3. The fourth-order valence-corrected chi connectivity index (χ4v) is 5.88. The largest absolute Gasteiger partial charge is 0.477 e. The van der Waals surface area contributed by atoms with Crippen molar-refractivity contribution >= 4 is 17.5 Å². The summed E-state index contributed by atoms with van der Waals surface area (Å²) in [5.41, 5.74) is 5.57. The Balaban J connectivity index is 1.32. The van der Waals surface area contributed by atoms with Crippen LogP contribution in [0.25, 0.3) is 11.1 Å². The molecule has 2 aromatic carbocycles. The fraction of sp³-hybridized carbons (Fsp3) is 0.258. The average Bonchev–Trinajstić information content (AvgIpc) is 3.18. The van der Waals surface area contributed by atoms with Gasteiger partial charge in [-0.1, -0.05) is 54.6 Å². The van der Waals surface area contributed by atoms with Gasteiger partial charge >= 0.3 is 5.97 Å². The number of fused-ring (bicyclic) bond motifs is 2. The highest BCUT2D eigenvalue weighted by atomic mass is 16.4. The molecule has 2 aliphatic heterocycles. The summed E-state index contributed by atoms with van der Waals surface area (Å²) in [6.45, 7) is 4.45. The first kappa shape index (κ1) is 24.3. The Morgan fingerprint density at radius 2 is 1.66 bits per heavy atom. The van der Waals surface area contributed by atoms with Gasteiger partial charge in [0.25, 0.3) is 0 Å². The molecule has 0 radical (unpaired) electrons. The zero-order valence-electron chi connectivity index (χ0n) is 21.3. The molecule has 4 heterocycles. The van der Waals surface area contributed by atoms with Crippen LogP contribution in [0.5, 0.6) is 0 Å². The van der Waals surface area contributed by atoms with E-state index in [2.05, 4.69) is 40.0 Å². The maximum Gasteiger partial charge on any atom is 0.354 e. The minimum Gasteiger partial charge on any atom is -0.477 e. The lowest BCUT2D eigenvalue weighted by Crippen LogP contribution is -2.50. The van der Waals surface area contributed by atoms with Gasteiger partial charge in [0.2, 0.25) is 0 Å². The highest BCUT2D eigenvalue weighted by molar-refractivity contribution is 5.87. The van der Waals surface area contributed by atoms with Crippen LogP contribution in [0.3, 0.4) is 0 Å². The van der Waals surface area contributed by atoms with E-state index in [9.17, 15) is 15.0 Å². The number of benzene rings is 2. The number of hydrogen-bond donors (Lipinski definition) is 2. The summed E-state index contributed by atoms with van der Waals surface area (Å²) in [4.78, 5) is 25.1. The molecule has 4 aromatic rings. The summed E-state index contributed by atoms with van der Waals surface area (Å²) >= 11 is 0. The molecule has 192 valence electrons. The van der Waals surface area contributed by atoms with Crippen LogP contribution in [0.15, 0.2) is 85.1 Å². The van der Waals surface area contributed by atoms with Crippen LogP contribution < -0.4 is 4.90 Å². The summed E-state index contributed by atoms with van der Waals surface area (Å²) in [6, 6.07) is 25.6. The molecule has 0 aliphatic carbocycles. The third kappa shape index (κ3) is 4.14. The Morgan fingerprint density at radius 3 is 2.34 bits per heavy atom. The van der Waals surface area contributed by atoms with Crippen molar-refractivity contribution in [2.24, 2.45) is 0 Å². The van der Waals surface area contributed by atoms with Crippen molar-refractivity contribution in [3.05, 3.63) is 108 Å². The topological polar surface area (TPSA) is 89.8 Å². The summed E-state index contributed by atoms with van der Waals surface area (Å²) < 4.78 is 0. The summed E-state index contributed by atoms with van der Waals surface area (Å²) in [6.07, 6.45) is 2.45. The predicted octanol–water partition coefficient (Wildman–Crippen LogP) is 5.15. The third-order valence-electron chi connectivity index (χ3n) is 8.09. The van der Waals surface area contributed by atoms with E-state index >= 15 is 0 Å². The number of pyridine rings is 2. The van der Waals surface area contributed by atoms with Gasteiger partial charge in [0, 0.05) is 29.4 Å². The van der Waals surface area contributed by atoms with E-state index in [4.69, 9.17) is 0 Å². The van der Waals surface area contributed by atoms with Crippen LogP contribution in [0.2, 0.25) is 0 Å². The van der Waals surface area contributed by atoms with Crippen molar-refractivity contribution in [1.29, 1.82) is 0 Å². The lowest BCUT2D eigenvalue weighted by Gasteiger charge is -2.42. The number of carboxylic acid groups (broad SMARTS) is 1. The molecule has 2 N–H and O–H groups in total. The van der Waals surface area contributed by atoms with E-state index in [0.29, 0.717) is 5.82 Å². The van der Waals surface area contributed by atoms with Gasteiger partial charge in [-0.25, -0.2) is 9.78 Å². The maximum atomic E-state index is 11.9. The monoisotopic (exact) mass is 506 g/mol. The first-order chi connectivity index (χ1) is 18.5. The van der Waals surface area contributed by atoms with Gasteiger partial charge < -0.3 is 10.2 Å². The molecule has 1 spiro atoms. The van der Waals surface area contributed by atoms with Gasteiger partial charge in [0.15, 0.2) is 5.69 Å². The number of hydrogen-bond acceptors (Lipinski definition) is 6. The second-order valence-electron chi connectivity index (χ2n) is 10.2. The van der Waals surface area contributed by atoms with Gasteiger partial charge in [0.05, 0.1) is 5.69 Å². The fourth-order valence-electron chi connectivity index (χ4n) is 5.88. The van der Waals surface area contributed by atoms with Gasteiger partial charge in [0.1, 0.15) is 12.0 Å². The van der Waals surface area contributed by atoms with Crippen molar-refractivity contribution < 1.29 is 15.0 Å². The molecule has 1 fully saturated rings. The molecule has 0 saturated carbocycles. The predicted molar refractivity (Wildman–Crippen MR) is 146 cm³/mol. The SMILES string of the molecule is Cc1cccnc1CN1CCC2(CC1)c1ccc(C(=O)O)nc1N(c1ccc(-c3ccccc3)cc1)C2O. The van der Waals surface area contributed by atoms with E-state index in [1.807, 2.05) is 65.7 Å². The van der Waals surface area contributed by atoms with E-state index in [1.54, 1.807) is 6.07 Å². The van der Waals surface area contributed by atoms with Gasteiger partial charge in [-0.2, -0.15) is 0 Å². The van der Waals surface area contributed by atoms with E-state index < -0.39 is 17.6 Å². The standard InChI is InChI=1S/C31H30N4O3/c1-21-6-5-17-32-27(21)20-34-18-15-31(16-19-34)25-13-14-26(29(36)37)33-28(25)35(30(31)38)24-11-9-23(10-12-24)22-7-3-2-4-8-22/h2-14,17,30,38H,15-16,18-20H2,1H3,(H,36,37). The molecule has 7 heteroatoms. The molecule has 1 unspecified atom stereocenters. The minimum absolute atomic E-state index is 0.0260. The molecule has 38 heavy (non-hydrogen) atoms. The van der Waals surface area contributed by atoms with Crippen LogP contribution >= 0.6 is 0 Å². The quantitative estimate of drug-likeness (QED) is 0.387. The molecule has 0 bridgehead atoms. The number of aliphatic hydroxyl groups excluding tert-OH is 1. The molecule has 0 amide bonds. The Kier molecular flexibility index (Phi) is 6.18. The number of anilines is 2. The first-order valence-corrected chi connectivity index (χ1v) is 13.0. The van der Waals surface area contributed by atoms with Crippen LogP contribution in [0.4, 0.5) is 11.5 Å². The molecular weight excluding hydrogens is 476 g/mol. The van der Waals surface area contributed by atoms with Gasteiger partial charge in [-0.15, -0.1) is 0 Å². The van der Waals surface area contributed by atoms with Crippen molar-refractivity contribution in [1.82, 2.24) is 14.9 Å². The third-order valence-corrected chi connectivity index (χ3v) is 8.09. The molecule has 1 atom stereocenters. The first-order valence-electron chi connectivity index (χ1n) is 13.0. The number of aryl methyl sites for hydroxylation is 1. The van der Waals surface area contributed by atoms with E-state index in [-0.39, 0.29) is 5.69 Å². The molecule has 6 rings (SSSR count). The van der Waals surface area contributed by atoms with Crippen molar-refractivity contribution in [2.45, 2.75) is 38.0 Å². The number of aromatic nitrogens is 2. The normalized spacial score (nSPS) is 18.5. The Labute approximate surface area is 222 Å². The lowest BCUT2D eigenvalue weighted by molar-refractivity contribution is 0.0429. The van der Waals surface area contributed by atoms with Crippen LogP contribution in [0.1, 0.15) is 40.2 Å². The highest BCUT2D eigenvalue weighted by Gasteiger charge is 2.53. The average molecular weight is 507 g/mol. The Morgan fingerprint density at radius 1 is 0.947 bits per heavy atom. The molecule has 2 aromatic heterocycles. The number of carbonyl (C=O) groups is 1. The summed E-state index contributed by atoms with van der Waals surface area (Å²) in [5, 5.41) is 21.5. The van der Waals surface area contributed by atoms with E-state index in [1.165, 1.54) is 5.56 Å². The Hall–Kier alpha value is -4.07. The molecule has 2 aliphatic rings. The maximum absolute atomic E-state index is 11.9. The van der Waals surface area contributed by atoms with Crippen molar-refractivity contribution in [2.75, 3.05) is 18.0 Å². The second kappa shape index (κ2) is 9.67. The summed E-state index contributed by atoms with van der Waals surface area (Å²) in [7, 11) is 0. The van der Waals surface area contributed by atoms with Gasteiger partial charge in [-0.3, -0.25) is 14.8 Å². The van der Waals surface area contributed by atoms with Crippen LogP contribution in [-0.4, -0.2) is 50.4 Å².